The van der Waals surface area contributed by atoms with E-state index in [1.165, 1.54) is 17.8 Å². The first-order chi connectivity index (χ1) is 9.88. The summed E-state index contributed by atoms with van der Waals surface area (Å²) in [6, 6.07) is 6.15. The predicted octanol–water partition coefficient (Wildman–Crippen LogP) is 4.48. The van der Waals surface area contributed by atoms with E-state index in [1.54, 1.807) is 32.0 Å². The van der Waals surface area contributed by atoms with Gasteiger partial charge in [-0.3, -0.25) is 0 Å². The normalized spacial score (nSPS) is 10.7. The summed E-state index contributed by atoms with van der Waals surface area (Å²) in [4.78, 5) is 15.6. The maximum atomic E-state index is 13.7. The average Bonchev–Trinajstić information content (AvgIpc) is 2.36. The fourth-order valence-electron chi connectivity index (χ4n) is 1.95. The Hall–Kier alpha value is -1.59. The number of carboxylic acids is 1. The van der Waals surface area contributed by atoms with Crippen molar-refractivity contribution in [2.75, 3.05) is 0 Å². The van der Waals surface area contributed by atoms with Crippen molar-refractivity contribution in [2.24, 2.45) is 0 Å². The number of aryl methyl sites for hydroxylation is 2. The van der Waals surface area contributed by atoms with Crippen LogP contribution in [-0.4, -0.2) is 16.1 Å². The third-order valence-electron chi connectivity index (χ3n) is 2.90. The van der Waals surface area contributed by atoms with Crippen molar-refractivity contribution in [3.8, 4) is 0 Å². The summed E-state index contributed by atoms with van der Waals surface area (Å²) in [5, 5.41) is 10.0. The Balaban J connectivity index is 2.29. The summed E-state index contributed by atoms with van der Waals surface area (Å²) in [7, 11) is 0. The summed E-state index contributed by atoms with van der Waals surface area (Å²) in [6.07, 6.45) is 0. The zero-order valence-electron chi connectivity index (χ0n) is 11.5. The lowest BCUT2D eigenvalue weighted by molar-refractivity contribution is 0.0691. The smallest absolute Gasteiger partial charge is 0.338 e. The molecule has 0 aliphatic rings. The van der Waals surface area contributed by atoms with Crippen LogP contribution in [0.3, 0.4) is 0 Å². The number of thioether (sulfide) groups is 1. The van der Waals surface area contributed by atoms with E-state index < -0.39 is 11.8 Å². The van der Waals surface area contributed by atoms with Gasteiger partial charge in [-0.05, 0) is 43.2 Å². The van der Waals surface area contributed by atoms with Crippen LogP contribution in [0.5, 0.6) is 0 Å². The standard InChI is InChI=1S/C15H13ClFNO2S/c1-8-5-9(2)18-14(13(8)15(19)20)21-7-10-3-4-11(16)6-12(10)17/h3-6H,7H2,1-2H3,(H,19,20). The molecule has 0 unspecified atom stereocenters. The number of halogens is 2. The third kappa shape index (κ3) is 3.74. The van der Waals surface area contributed by atoms with E-state index >= 15 is 0 Å². The number of carbonyl (C=O) groups is 1. The quantitative estimate of drug-likeness (QED) is 0.842. The average molecular weight is 326 g/mol. The molecule has 0 radical (unpaired) electrons. The highest BCUT2D eigenvalue weighted by atomic mass is 35.5. The van der Waals surface area contributed by atoms with Crippen molar-refractivity contribution in [1.82, 2.24) is 4.98 Å². The summed E-state index contributed by atoms with van der Waals surface area (Å²) in [5.74, 6) is -1.14. The molecular formula is C15H13ClFNO2S. The molecule has 0 amide bonds. The molecule has 0 aliphatic heterocycles. The SMILES string of the molecule is Cc1cc(C)c(C(=O)O)c(SCc2ccc(Cl)cc2F)n1. The molecular weight excluding hydrogens is 313 g/mol. The second kappa shape index (κ2) is 6.45. The van der Waals surface area contributed by atoms with Gasteiger partial charge in [0.15, 0.2) is 0 Å². The van der Waals surface area contributed by atoms with Crippen LogP contribution in [0.25, 0.3) is 0 Å². The zero-order valence-corrected chi connectivity index (χ0v) is 13.1. The van der Waals surface area contributed by atoms with Crippen molar-refractivity contribution in [3.63, 3.8) is 0 Å². The molecule has 0 bridgehead atoms. The van der Waals surface area contributed by atoms with Crippen molar-refractivity contribution >= 4 is 29.3 Å². The van der Waals surface area contributed by atoms with Crippen molar-refractivity contribution in [1.29, 1.82) is 0 Å². The summed E-state index contributed by atoms with van der Waals surface area (Å²) in [6.45, 7) is 3.52. The molecule has 6 heteroatoms. The minimum absolute atomic E-state index is 0.167. The lowest BCUT2D eigenvalue weighted by atomic mass is 10.1. The number of rotatable bonds is 4. The zero-order chi connectivity index (χ0) is 15.6. The molecule has 2 aromatic rings. The fraction of sp³-hybridized carbons (Fsp3) is 0.200. The third-order valence-corrected chi connectivity index (χ3v) is 4.16. The van der Waals surface area contributed by atoms with E-state index in [1.807, 2.05) is 0 Å². The van der Waals surface area contributed by atoms with Crippen LogP contribution in [0.15, 0.2) is 29.3 Å². The van der Waals surface area contributed by atoms with Gasteiger partial charge in [-0.15, -0.1) is 11.8 Å². The number of aromatic nitrogens is 1. The van der Waals surface area contributed by atoms with Gasteiger partial charge in [0.05, 0.1) is 5.56 Å². The van der Waals surface area contributed by atoms with Gasteiger partial charge in [0, 0.05) is 16.5 Å². The van der Waals surface area contributed by atoms with E-state index in [-0.39, 0.29) is 5.56 Å². The molecule has 1 aromatic heterocycles. The van der Waals surface area contributed by atoms with Gasteiger partial charge < -0.3 is 5.11 Å². The van der Waals surface area contributed by atoms with Crippen LogP contribution < -0.4 is 0 Å². The van der Waals surface area contributed by atoms with E-state index in [9.17, 15) is 14.3 Å². The van der Waals surface area contributed by atoms with Gasteiger partial charge in [0.25, 0.3) is 0 Å². The maximum absolute atomic E-state index is 13.7. The first kappa shape index (κ1) is 15.8. The first-order valence-corrected chi connectivity index (χ1v) is 7.53. The van der Waals surface area contributed by atoms with Gasteiger partial charge in [-0.25, -0.2) is 14.2 Å². The molecule has 1 N–H and O–H groups in total. The summed E-state index contributed by atoms with van der Waals surface area (Å²) >= 11 is 6.91. The number of carboxylic acid groups (broad SMARTS) is 1. The summed E-state index contributed by atoms with van der Waals surface area (Å²) < 4.78 is 13.7. The Morgan fingerprint density at radius 1 is 1.38 bits per heavy atom. The minimum Gasteiger partial charge on any atom is -0.478 e. The molecule has 3 nitrogen and oxygen atoms in total. The highest BCUT2D eigenvalue weighted by Gasteiger charge is 2.16. The predicted molar refractivity (Wildman–Crippen MR) is 81.6 cm³/mol. The van der Waals surface area contributed by atoms with Gasteiger partial charge in [-0.2, -0.15) is 0 Å². The van der Waals surface area contributed by atoms with Crippen LogP contribution >= 0.6 is 23.4 Å². The number of nitrogens with zero attached hydrogens (tertiary/aromatic N) is 1. The molecule has 1 aromatic carbocycles. The van der Waals surface area contributed by atoms with Crippen LogP contribution in [0.1, 0.15) is 27.2 Å². The number of hydrogen-bond acceptors (Lipinski definition) is 3. The molecule has 0 saturated heterocycles. The molecule has 0 fully saturated rings. The monoisotopic (exact) mass is 325 g/mol. The maximum Gasteiger partial charge on any atom is 0.338 e. The fourth-order valence-corrected chi connectivity index (χ4v) is 3.24. The number of benzene rings is 1. The Bertz CT molecular complexity index is 706. The highest BCUT2D eigenvalue weighted by Crippen LogP contribution is 2.28. The number of hydrogen-bond donors (Lipinski definition) is 1. The van der Waals surface area contributed by atoms with Gasteiger partial charge in [0.1, 0.15) is 10.8 Å². The Morgan fingerprint density at radius 3 is 2.71 bits per heavy atom. The Labute approximate surface area is 131 Å². The van der Waals surface area contributed by atoms with Crippen molar-refractivity contribution < 1.29 is 14.3 Å². The van der Waals surface area contributed by atoms with E-state index in [4.69, 9.17) is 11.6 Å². The van der Waals surface area contributed by atoms with Crippen LogP contribution in [0.4, 0.5) is 4.39 Å². The highest BCUT2D eigenvalue weighted by molar-refractivity contribution is 7.98. The molecule has 110 valence electrons. The van der Waals surface area contributed by atoms with Gasteiger partial charge in [-0.1, -0.05) is 17.7 Å². The van der Waals surface area contributed by atoms with Gasteiger partial charge in [0.2, 0.25) is 0 Å². The molecule has 21 heavy (non-hydrogen) atoms. The van der Waals surface area contributed by atoms with E-state index in [0.717, 1.165) is 5.69 Å². The second-order valence-electron chi connectivity index (χ2n) is 4.59. The topological polar surface area (TPSA) is 50.2 Å². The lowest BCUT2D eigenvalue weighted by Crippen LogP contribution is -2.05. The molecule has 0 aliphatic carbocycles. The summed E-state index contributed by atoms with van der Waals surface area (Å²) in [5.41, 5.74) is 2.01. The van der Waals surface area contributed by atoms with Crippen LogP contribution in [0, 0.1) is 19.7 Å². The van der Waals surface area contributed by atoms with E-state index in [2.05, 4.69) is 4.98 Å². The minimum atomic E-state index is -1.03. The molecule has 0 saturated carbocycles. The largest absolute Gasteiger partial charge is 0.478 e. The molecule has 2 rings (SSSR count). The van der Waals surface area contributed by atoms with Crippen molar-refractivity contribution in [2.45, 2.75) is 24.6 Å². The number of pyridine rings is 1. The van der Waals surface area contributed by atoms with Crippen LogP contribution in [0.2, 0.25) is 5.02 Å². The second-order valence-corrected chi connectivity index (χ2v) is 5.99. The lowest BCUT2D eigenvalue weighted by Gasteiger charge is -2.10. The Morgan fingerprint density at radius 2 is 2.10 bits per heavy atom. The van der Waals surface area contributed by atoms with Crippen LogP contribution in [-0.2, 0) is 5.75 Å². The number of aromatic carboxylic acids is 1. The first-order valence-electron chi connectivity index (χ1n) is 6.16. The van der Waals surface area contributed by atoms with Crippen molar-refractivity contribution in [3.05, 3.63) is 57.5 Å². The molecule has 0 atom stereocenters. The van der Waals surface area contributed by atoms with E-state index in [0.29, 0.717) is 26.9 Å². The Kier molecular flexibility index (Phi) is 4.85. The molecule has 0 spiro atoms. The molecule has 1 heterocycles. The van der Waals surface area contributed by atoms with Gasteiger partial charge >= 0.3 is 5.97 Å².